The van der Waals surface area contributed by atoms with E-state index in [2.05, 4.69) is 25.9 Å². The Morgan fingerprint density at radius 3 is 2.71 bits per heavy atom. The lowest BCUT2D eigenvalue weighted by molar-refractivity contribution is 0.174. The molecule has 0 spiro atoms. The zero-order chi connectivity index (χ0) is 11.7. The Morgan fingerprint density at radius 1 is 1.12 bits per heavy atom. The summed E-state index contributed by atoms with van der Waals surface area (Å²) in [5.74, 6) is 1.99. The SMILES string of the molecule is Brc1cnc(Oc2ccc3c(c2)OCO3)nc1. The van der Waals surface area contributed by atoms with Gasteiger partial charge in [0.1, 0.15) is 5.75 Å². The van der Waals surface area contributed by atoms with Gasteiger partial charge in [0.2, 0.25) is 6.79 Å². The zero-order valence-corrected chi connectivity index (χ0v) is 10.2. The van der Waals surface area contributed by atoms with Crippen LogP contribution in [0.4, 0.5) is 0 Å². The molecule has 86 valence electrons. The lowest BCUT2D eigenvalue weighted by atomic mass is 10.3. The van der Waals surface area contributed by atoms with Crippen molar-refractivity contribution in [3.63, 3.8) is 0 Å². The van der Waals surface area contributed by atoms with Gasteiger partial charge in [-0.1, -0.05) is 0 Å². The topological polar surface area (TPSA) is 53.5 Å². The van der Waals surface area contributed by atoms with Gasteiger partial charge in [0.05, 0.1) is 4.47 Å². The van der Waals surface area contributed by atoms with Crippen molar-refractivity contribution >= 4 is 15.9 Å². The van der Waals surface area contributed by atoms with Gasteiger partial charge in [-0.2, -0.15) is 0 Å². The van der Waals surface area contributed by atoms with Crippen molar-refractivity contribution < 1.29 is 14.2 Å². The highest BCUT2D eigenvalue weighted by Gasteiger charge is 2.14. The van der Waals surface area contributed by atoms with E-state index in [0.29, 0.717) is 17.2 Å². The monoisotopic (exact) mass is 294 g/mol. The number of aromatic nitrogens is 2. The smallest absolute Gasteiger partial charge is 0.321 e. The van der Waals surface area contributed by atoms with E-state index in [1.807, 2.05) is 0 Å². The van der Waals surface area contributed by atoms with Crippen LogP contribution in [0.25, 0.3) is 0 Å². The van der Waals surface area contributed by atoms with E-state index >= 15 is 0 Å². The Hall–Kier alpha value is -1.82. The molecule has 0 aliphatic carbocycles. The molecule has 0 radical (unpaired) electrons. The molecule has 6 heteroatoms. The predicted octanol–water partition coefficient (Wildman–Crippen LogP) is 2.76. The van der Waals surface area contributed by atoms with E-state index in [1.54, 1.807) is 30.6 Å². The summed E-state index contributed by atoms with van der Waals surface area (Å²) in [5.41, 5.74) is 0. The summed E-state index contributed by atoms with van der Waals surface area (Å²) in [5, 5.41) is 0. The summed E-state index contributed by atoms with van der Waals surface area (Å²) in [6.07, 6.45) is 3.24. The maximum absolute atomic E-state index is 5.48. The molecule has 17 heavy (non-hydrogen) atoms. The molecule has 3 rings (SSSR count). The van der Waals surface area contributed by atoms with Gasteiger partial charge in [-0.3, -0.25) is 0 Å². The summed E-state index contributed by atoms with van der Waals surface area (Å²) in [7, 11) is 0. The first-order chi connectivity index (χ1) is 8.31. The second-order valence-electron chi connectivity index (χ2n) is 3.30. The Bertz CT molecular complexity index is 545. The van der Waals surface area contributed by atoms with Gasteiger partial charge >= 0.3 is 6.01 Å². The van der Waals surface area contributed by atoms with Crippen LogP contribution in [-0.2, 0) is 0 Å². The van der Waals surface area contributed by atoms with E-state index in [0.717, 1.165) is 4.47 Å². The molecule has 0 unspecified atom stereocenters. The highest BCUT2D eigenvalue weighted by molar-refractivity contribution is 9.10. The number of nitrogens with zero attached hydrogens (tertiary/aromatic N) is 2. The molecule has 1 aromatic carbocycles. The Balaban J connectivity index is 1.83. The number of benzene rings is 1. The molecule has 0 N–H and O–H groups in total. The maximum atomic E-state index is 5.48. The van der Waals surface area contributed by atoms with E-state index in [4.69, 9.17) is 14.2 Å². The van der Waals surface area contributed by atoms with Crippen LogP contribution in [-0.4, -0.2) is 16.8 Å². The van der Waals surface area contributed by atoms with Crippen LogP contribution in [0, 0.1) is 0 Å². The van der Waals surface area contributed by atoms with Crippen LogP contribution in [0.5, 0.6) is 23.3 Å². The van der Waals surface area contributed by atoms with Crippen molar-refractivity contribution in [2.75, 3.05) is 6.79 Å². The van der Waals surface area contributed by atoms with Gasteiger partial charge < -0.3 is 14.2 Å². The quantitative estimate of drug-likeness (QED) is 0.852. The third-order valence-corrected chi connectivity index (χ3v) is 2.56. The first-order valence-electron chi connectivity index (χ1n) is 4.86. The molecule has 1 aliphatic heterocycles. The third-order valence-electron chi connectivity index (χ3n) is 2.15. The molecule has 2 aromatic rings. The minimum absolute atomic E-state index is 0.244. The second-order valence-corrected chi connectivity index (χ2v) is 4.22. The van der Waals surface area contributed by atoms with Crippen LogP contribution in [0.15, 0.2) is 35.1 Å². The molecule has 0 fully saturated rings. The Labute approximate surface area is 105 Å². The van der Waals surface area contributed by atoms with Crippen molar-refractivity contribution in [1.29, 1.82) is 0 Å². The molecule has 1 aromatic heterocycles. The van der Waals surface area contributed by atoms with Crippen molar-refractivity contribution in [2.24, 2.45) is 0 Å². The standard InChI is InChI=1S/C11H7BrN2O3/c12-7-4-13-11(14-5-7)17-8-1-2-9-10(3-8)16-6-15-9/h1-5H,6H2. The highest BCUT2D eigenvalue weighted by Crippen LogP contribution is 2.35. The van der Waals surface area contributed by atoms with Crippen LogP contribution >= 0.6 is 15.9 Å². The molecule has 1 aliphatic rings. The van der Waals surface area contributed by atoms with Gasteiger partial charge in [0.15, 0.2) is 11.5 Å². The summed E-state index contributed by atoms with van der Waals surface area (Å²) in [6.45, 7) is 0.244. The maximum Gasteiger partial charge on any atom is 0.321 e. The van der Waals surface area contributed by atoms with Crippen molar-refractivity contribution in [2.45, 2.75) is 0 Å². The molecule has 0 amide bonds. The van der Waals surface area contributed by atoms with Crippen LogP contribution in [0.1, 0.15) is 0 Å². The summed E-state index contributed by atoms with van der Waals surface area (Å²) < 4.78 is 16.7. The van der Waals surface area contributed by atoms with E-state index < -0.39 is 0 Å². The normalized spacial score (nSPS) is 12.5. The number of hydrogen-bond donors (Lipinski definition) is 0. The molecule has 0 saturated carbocycles. The van der Waals surface area contributed by atoms with Crippen molar-refractivity contribution in [3.8, 4) is 23.3 Å². The zero-order valence-electron chi connectivity index (χ0n) is 8.59. The summed E-state index contributed by atoms with van der Waals surface area (Å²) in [4.78, 5) is 8.03. The van der Waals surface area contributed by atoms with E-state index in [-0.39, 0.29) is 12.8 Å². The van der Waals surface area contributed by atoms with Crippen LogP contribution in [0.3, 0.4) is 0 Å². The molecule has 5 nitrogen and oxygen atoms in total. The average molecular weight is 295 g/mol. The molecule has 0 saturated heterocycles. The van der Waals surface area contributed by atoms with E-state index in [9.17, 15) is 0 Å². The molecule has 0 bridgehead atoms. The first kappa shape index (κ1) is 10.3. The van der Waals surface area contributed by atoms with Gasteiger partial charge in [-0.25, -0.2) is 9.97 Å². The fourth-order valence-corrected chi connectivity index (χ4v) is 1.60. The number of rotatable bonds is 2. The van der Waals surface area contributed by atoms with Gasteiger partial charge in [0, 0.05) is 18.5 Å². The summed E-state index contributed by atoms with van der Waals surface area (Å²) >= 11 is 3.25. The van der Waals surface area contributed by atoms with E-state index in [1.165, 1.54) is 0 Å². The lowest BCUT2D eigenvalue weighted by Crippen LogP contribution is -1.93. The summed E-state index contributed by atoms with van der Waals surface area (Å²) in [6, 6.07) is 5.59. The number of hydrogen-bond acceptors (Lipinski definition) is 5. The largest absolute Gasteiger partial charge is 0.454 e. The third kappa shape index (κ3) is 2.16. The lowest BCUT2D eigenvalue weighted by Gasteiger charge is -2.04. The fraction of sp³-hybridized carbons (Fsp3) is 0.0909. The molecule has 2 heterocycles. The number of fused-ring (bicyclic) bond motifs is 1. The predicted molar refractivity (Wildman–Crippen MR) is 62.4 cm³/mol. The van der Waals surface area contributed by atoms with Crippen LogP contribution < -0.4 is 14.2 Å². The first-order valence-corrected chi connectivity index (χ1v) is 5.65. The number of ether oxygens (including phenoxy) is 3. The Morgan fingerprint density at radius 2 is 1.88 bits per heavy atom. The van der Waals surface area contributed by atoms with Gasteiger partial charge in [-0.15, -0.1) is 0 Å². The van der Waals surface area contributed by atoms with Gasteiger partial charge in [0.25, 0.3) is 0 Å². The highest BCUT2D eigenvalue weighted by atomic mass is 79.9. The molecular formula is C11H7BrN2O3. The fourth-order valence-electron chi connectivity index (χ4n) is 1.40. The van der Waals surface area contributed by atoms with Gasteiger partial charge in [-0.05, 0) is 28.1 Å². The van der Waals surface area contributed by atoms with Crippen molar-refractivity contribution in [1.82, 2.24) is 9.97 Å². The minimum Gasteiger partial charge on any atom is -0.454 e. The second kappa shape index (κ2) is 4.21. The van der Waals surface area contributed by atoms with Crippen LogP contribution in [0.2, 0.25) is 0 Å². The number of halogens is 1. The Kier molecular flexibility index (Phi) is 2.56. The average Bonchev–Trinajstić information content (AvgIpc) is 2.79. The molecular weight excluding hydrogens is 288 g/mol. The molecule has 0 atom stereocenters. The van der Waals surface area contributed by atoms with Crippen molar-refractivity contribution in [3.05, 3.63) is 35.1 Å². The minimum atomic E-state index is 0.244.